The van der Waals surface area contributed by atoms with Crippen LogP contribution in [-0.2, 0) is 9.59 Å². The average molecular weight is 340 g/mol. The summed E-state index contributed by atoms with van der Waals surface area (Å²) in [6.45, 7) is 0.319. The van der Waals surface area contributed by atoms with Crippen molar-refractivity contribution in [2.75, 3.05) is 13.2 Å². The third-order valence-corrected chi connectivity index (χ3v) is 4.03. The summed E-state index contributed by atoms with van der Waals surface area (Å²) in [5.74, 6) is 1.69. The number of ether oxygens (including phenoxy) is 2. The molecule has 1 saturated carbocycles. The van der Waals surface area contributed by atoms with Gasteiger partial charge in [0.1, 0.15) is 17.3 Å². The number of Topliss-reactive ketones (excluding diaryl/α,β-unsaturated/α-hetero) is 1. The van der Waals surface area contributed by atoms with Crippen molar-refractivity contribution in [3.8, 4) is 17.4 Å². The maximum Gasteiger partial charge on any atom is 0.257 e. The van der Waals surface area contributed by atoms with E-state index in [-0.39, 0.29) is 24.2 Å². The zero-order chi connectivity index (χ0) is 17.5. The predicted octanol–water partition coefficient (Wildman–Crippen LogP) is 2.74. The largest absolute Gasteiger partial charge is 0.484 e. The molecule has 1 aliphatic rings. The minimum atomic E-state index is -0.228. The molecular formula is C19H20N2O4. The molecule has 3 rings (SSSR count). The van der Waals surface area contributed by atoms with E-state index >= 15 is 0 Å². The number of hydrogen-bond donors (Lipinski definition) is 1. The monoisotopic (exact) mass is 340 g/mol. The first-order chi connectivity index (χ1) is 12.2. The molecule has 1 atom stereocenters. The Morgan fingerprint density at radius 2 is 1.96 bits per heavy atom. The van der Waals surface area contributed by atoms with E-state index < -0.39 is 0 Å². The topological polar surface area (TPSA) is 77.5 Å². The van der Waals surface area contributed by atoms with Crippen LogP contribution in [0.3, 0.4) is 0 Å². The Kier molecular flexibility index (Phi) is 5.61. The van der Waals surface area contributed by atoms with E-state index in [1.807, 2.05) is 12.1 Å². The Morgan fingerprint density at radius 1 is 1.16 bits per heavy atom. The number of nitrogens with zero attached hydrogens (tertiary/aromatic N) is 1. The Hall–Kier alpha value is -2.89. The average Bonchev–Trinajstić information content (AvgIpc) is 3.05. The van der Waals surface area contributed by atoms with E-state index in [1.165, 1.54) is 0 Å². The molecule has 0 spiro atoms. The molecule has 1 unspecified atom stereocenters. The number of carbonyl (C=O) groups is 2. The standard InChI is InChI=1S/C19H20N2O4/c22-17-5-3-4-14(17)12-21-18(23)13-24-15-7-9-16(10-8-15)25-19-6-1-2-11-20-19/h1-2,6-11,14H,3-5,12-13H2,(H,21,23). The van der Waals surface area contributed by atoms with Gasteiger partial charge in [-0.2, -0.15) is 0 Å². The molecule has 6 heteroatoms. The van der Waals surface area contributed by atoms with E-state index in [2.05, 4.69) is 10.3 Å². The number of amides is 1. The number of aromatic nitrogens is 1. The molecule has 130 valence electrons. The lowest BCUT2D eigenvalue weighted by molar-refractivity contribution is -0.124. The van der Waals surface area contributed by atoms with Crippen molar-refractivity contribution in [3.63, 3.8) is 0 Å². The van der Waals surface area contributed by atoms with Gasteiger partial charge in [0.25, 0.3) is 5.91 Å². The first-order valence-electron chi connectivity index (χ1n) is 8.32. The fourth-order valence-corrected chi connectivity index (χ4v) is 2.67. The van der Waals surface area contributed by atoms with Crippen molar-refractivity contribution in [2.45, 2.75) is 19.3 Å². The third kappa shape index (κ3) is 5.04. The second-order valence-corrected chi connectivity index (χ2v) is 5.89. The highest BCUT2D eigenvalue weighted by molar-refractivity contribution is 5.84. The van der Waals surface area contributed by atoms with Crippen molar-refractivity contribution in [1.29, 1.82) is 0 Å². The summed E-state index contributed by atoms with van der Waals surface area (Å²) in [5.41, 5.74) is 0. The van der Waals surface area contributed by atoms with Gasteiger partial charge in [-0.1, -0.05) is 6.07 Å². The maximum atomic E-state index is 11.8. The summed E-state index contributed by atoms with van der Waals surface area (Å²) >= 11 is 0. The van der Waals surface area contributed by atoms with Gasteiger partial charge in [-0.05, 0) is 43.2 Å². The lowest BCUT2D eigenvalue weighted by Gasteiger charge is -2.11. The van der Waals surface area contributed by atoms with Crippen molar-refractivity contribution in [3.05, 3.63) is 48.7 Å². The molecule has 1 aromatic heterocycles. The second kappa shape index (κ2) is 8.28. The van der Waals surface area contributed by atoms with Crippen LogP contribution in [0.1, 0.15) is 19.3 Å². The maximum absolute atomic E-state index is 11.8. The van der Waals surface area contributed by atoms with Crippen LogP contribution in [0.2, 0.25) is 0 Å². The number of hydrogen-bond acceptors (Lipinski definition) is 5. The first-order valence-corrected chi connectivity index (χ1v) is 8.32. The summed E-state index contributed by atoms with van der Waals surface area (Å²) in [5, 5.41) is 2.75. The predicted molar refractivity (Wildman–Crippen MR) is 91.6 cm³/mol. The van der Waals surface area contributed by atoms with Crippen LogP contribution < -0.4 is 14.8 Å². The minimum Gasteiger partial charge on any atom is -0.484 e. The van der Waals surface area contributed by atoms with Crippen LogP contribution in [-0.4, -0.2) is 29.8 Å². The molecule has 1 aromatic carbocycles. The van der Waals surface area contributed by atoms with E-state index in [0.717, 1.165) is 12.8 Å². The number of nitrogens with one attached hydrogen (secondary N) is 1. The summed E-state index contributed by atoms with van der Waals surface area (Å²) in [6.07, 6.45) is 4.06. The molecule has 1 amide bonds. The highest BCUT2D eigenvalue weighted by Gasteiger charge is 2.24. The smallest absolute Gasteiger partial charge is 0.257 e. The summed E-state index contributed by atoms with van der Waals surface area (Å²) in [4.78, 5) is 27.4. The fourth-order valence-electron chi connectivity index (χ4n) is 2.67. The minimum absolute atomic E-state index is 0.0352. The van der Waals surface area contributed by atoms with Crippen molar-refractivity contribution in [1.82, 2.24) is 10.3 Å². The highest BCUT2D eigenvalue weighted by Crippen LogP contribution is 2.22. The summed E-state index contributed by atoms with van der Waals surface area (Å²) < 4.78 is 11.0. The molecule has 1 heterocycles. The lowest BCUT2D eigenvalue weighted by atomic mass is 10.1. The Labute approximate surface area is 146 Å². The van der Waals surface area contributed by atoms with Crippen molar-refractivity contribution < 1.29 is 19.1 Å². The van der Waals surface area contributed by atoms with E-state index in [4.69, 9.17) is 9.47 Å². The molecule has 0 radical (unpaired) electrons. The Balaban J connectivity index is 1.42. The number of benzene rings is 1. The molecule has 1 aliphatic carbocycles. The summed E-state index contributed by atoms with van der Waals surface area (Å²) in [7, 11) is 0. The van der Waals surface area contributed by atoms with Crippen LogP contribution in [0.15, 0.2) is 48.7 Å². The van der Waals surface area contributed by atoms with E-state index in [1.54, 1.807) is 36.5 Å². The zero-order valence-electron chi connectivity index (χ0n) is 13.8. The van der Waals surface area contributed by atoms with Crippen LogP contribution >= 0.6 is 0 Å². The van der Waals surface area contributed by atoms with Gasteiger partial charge in [-0.25, -0.2) is 4.98 Å². The van der Waals surface area contributed by atoms with Crippen molar-refractivity contribution in [2.24, 2.45) is 5.92 Å². The molecule has 0 bridgehead atoms. The zero-order valence-corrected chi connectivity index (χ0v) is 13.8. The van der Waals surface area contributed by atoms with Crippen LogP contribution in [0.25, 0.3) is 0 Å². The number of rotatable bonds is 7. The highest BCUT2D eigenvalue weighted by atomic mass is 16.5. The quantitative estimate of drug-likeness (QED) is 0.838. The molecule has 6 nitrogen and oxygen atoms in total. The van der Waals surface area contributed by atoms with E-state index in [0.29, 0.717) is 30.3 Å². The van der Waals surface area contributed by atoms with Gasteiger partial charge < -0.3 is 14.8 Å². The van der Waals surface area contributed by atoms with E-state index in [9.17, 15) is 9.59 Å². The first kappa shape index (κ1) is 17.0. The molecule has 1 fully saturated rings. The van der Waals surface area contributed by atoms with Gasteiger partial charge in [0, 0.05) is 31.1 Å². The van der Waals surface area contributed by atoms with Gasteiger partial charge in [0.05, 0.1) is 0 Å². The summed E-state index contributed by atoms with van der Waals surface area (Å²) in [6, 6.07) is 12.4. The van der Waals surface area contributed by atoms with Crippen molar-refractivity contribution >= 4 is 11.7 Å². The molecule has 2 aromatic rings. The lowest BCUT2D eigenvalue weighted by Crippen LogP contribution is -2.34. The molecule has 0 saturated heterocycles. The Morgan fingerprint density at radius 3 is 2.64 bits per heavy atom. The molecule has 0 aliphatic heterocycles. The number of ketones is 1. The normalized spacial score (nSPS) is 16.5. The number of carbonyl (C=O) groups excluding carboxylic acids is 2. The van der Waals surface area contributed by atoms with Crippen LogP contribution in [0.5, 0.6) is 17.4 Å². The number of pyridine rings is 1. The van der Waals surface area contributed by atoms with Crippen LogP contribution in [0.4, 0.5) is 0 Å². The molecule has 1 N–H and O–H groups in total. The molecule has 25 heavy (non-hydrogen) atoms. The molecular weight excluding hydrogens is 320 g/mol. The van der Waals surface area contributed by atoms with Gasteiger partial charge in [-0.15, -0.1) is 0 Å². The Bertz CT molecular complexity index is 716. The third-order valence-electron chi connectivity index (χ3n) is 4.03. The van der Waals surface area contributed by atoms with Gasteiger partial charge in [0.15, 0.2) is 6.61 Å². The van der Waals surface area contributed by atoms with Gasteiger partial charge in [-0.3, -0.25) is 9.59 Å². The fraction of sp³-hybridized carbons (Fsp3) is 0.316. The van der Waals surface area contributed by atoms with Gasteiger partial charge in [0.2, 0.25) is 5.88 Å². The van der Waals surface area contributed by atoms with Gasteiger partial charge >= 0.3 is 0 Å². The second-order valence-electron chi connectivity index (χ2n) is 5.89. The SMILES string of the molecule is O=C(COc1ccc(Oc2ccccn2)cc1)NCC1CCCC1=O. The van der Waals surface area contributed by atoms with Crippen LogP contribution in [0, 0.1) is 5.92 Å².